The molecule has 1 aliphatic rings. The average Bonchev–Trinajstić information content (AvgIpc) is 2.49. The number of hydrogen-bond acceptors (Lipinski definition) is 2. The van der Waals surface area contributed by atoms with Crippen molar-refractivity contribution in [3.05, 3.63) is 30.3 Å². The van der Waals surface area contributed by atoms with Crippen molar-refractivity contribution in [3.63, 3.8) is 0 Å². The molecule has 20 heavy (non-hydrogen) atoms. The molecule has 0 bridgehead atoms. The SMILES string of the molecule is CN=C(NCC(C)C)N1CCN(c2ccccc2)CC1. The average molecular weight is 274 g/mol. The molecule has 110 valence electrons. The number of anilines is 1. The van der Waals surface area contributed by atoms with Gasteiger partial charge < -0.3 is 15.1 Å². The van der Waals surface area contributed by atoms with Crippen LogP contribution >= 0.6 is 0 Å². The Bertz CT molecular complexity index is 419. The fraction of sp³-hybridized carbons (Fsp3) is 0.562. The van der Waals surface area contributed by atoms with Crippen molar-refractivity contribution in [2.24, 2.45) is 10.9 Å². The molecule has 0 spiro atoms. The second-order valence-electron chi connectivity index (χ2n) is 5.63. The molecule has 0 amide bonds. The Morgan fingerprint density at radius 2 is 1.80 bits per heavy atom. The van der Waals surface area contributed by atoms with Gasteiger partial charge in [0.25, 0.3) is 0 Å². The molecule has 1 aromatic rings. The Morgan fingerprint density at radius 3 is 2.35 bits per heavy atom. The van der Waals surface area contributed by atoms with Crippen LogP contribution < -0.4 is 10.2 Å². The van der Waals surface area contributed by atoms with Gasteiger partial charge in [0, 0.05) is 45.5 Å². The topological polar surface area (TPSA) is 30.9 Å². The second kappa shape index (κ2) is 7.17. The normalized spacial score (nSPS) is 16.7. The number of benzene rings is 1. The maximum Gasteiger partial charge on any atom is 0.193 e. The Hall–Kier alpha value is -1.71. The van der Waals surface area contributed by atoms with Crippen LogP contribution in [-0.4, -0.2) is 50.6 Å². The van der Waals surface area contributed by atoms with Crippen LogP contribution in [0, 0.1) is 5.92 Å². The monoisotopic (exact) mass is 274 g/mol. The molecule has 0 atom stereocenters. The van der Waals surface area contributed by atoms with Gasteiger partial charge >= 0.3 is 0 Å². The minimum atomic E-state index is 0.636. The molecule has 0 saturated carbocycles. The summed E-state index contributed by atoms with van der Waals surface area (Å²) in [4.78, 5) is 9.18. The Morgan fingerprint density at radius 1 is 1.15 bits per heavy atom. The van der Waals surface area contributed by atoms with E-state index in [2.05, 4.69) is 64.3 Å². The Kier molecular flexibility index (Phi) is 5.27. The first-order valence-electron chi connectivity index (χ1n) is 7.46. The zero-order valence-electron chi connectivity index (χ0n) is 12.8. The van der Waals surface area contributed by atoms with Gasteiger partial charge in [-0.05, 0) is 18.1 Å². The van der Waals surface area contributed by atoms with Crippen LogP contribution in [-0.2, 0) is 0 Å². The molecule has 1 fully saturated rings. The van der Waals surface area contributed by atoms with Gasteiger partial charge in [-0.15, -0.1) is 0 Å². The molecule has 1 aliphatic heterocycles. The Labute approximate surface area is 122 Å². The smallest absolute Gasteiger partial charge is 0.193 e. The lowest BCUT2D eigenvalue weighted by atomic mass is 10.2. The summed E-state index contributed by atoms with van der Waals surface area (Å²) in [7, 11) is 1.87. The van der Waals surface area contributed by atoms with Gasteiger partial charge in [-0.1, -0.05) is 32.0 Å². The van der Waals surface area contributed by atoms with E-state index in [4.69, 9.17) is 0 Å². The first-order chi connectivity index (χ1) is 9.70. The minimum absolute atomic E-state index is 0.636. The van der Waals surface area contributed by atoms with Gasteiger partial charge in [0.05, 0.1) is 0 Å². The molecule has 1 aromatic carbocycles. The second-order valence-corrected chi connectivity index (χ2v) is 5.63. The molecule has 1 saturated heterocycles. The molecule has 0 aliphatic carbocycles. The van der Waals surface area contributed by atoms with Crippen LogP contribution in [0.2, 0.25) is 0 Å². The largest absolute Gasteiger partial charge is 0.368 e. The van der Waals surface area contributed by atoms with E-state index in [1.165, 1.54) is 5.69 Å². The molecule has 4 heteroatoms. The highest BCUT2D eigenvalue weighted by molar-refractivity contribution is 5.80. The highest BCUT2D eigenvalue weighted by Gasteiger charge is 2.19. The van der Waals surface area contributed by atoms with Gasteiger partial charge in [0.15, 0.2) is 5.96 Å². The van der Waals surface area contributed by atoms with Gasteiger partial charge in [0.2, 0.25) is 0 Å². The highest BCUT2D eigenvalue weighted by Crippen LogP contribution is 2.15. The summed E-state index contributed by atoms with van der Waals surface area (Å²) in [6.07, 6.45) is 0. The van der Waals surface area contributed by atoms with E-state index >= 15 is 0 Å². The molecule has 0 radical (unpaired) electrons. The lowest BCUT2D eigenvalue weighted by Gasteiger charge is -2.37. The number of rotatable bonds is 3. The third-order valence-corrected chi connectivity index (χ3v) is 3.58. The third-order valence-electron chi connectivity index (χ3n) is 3.58. The van der Waals surface area contributed by atoms with Gasteiger partial charge in [-0.2, -0.15) is 0 Å². The molecular weight excluding hydrogens is 248 g/mol. The molecule has 2 rings (SSSR count). The van der Waals surface area contributed by atoms with E-state index in [9.17, 15) is 0 Å². The van der Waals surface area contributed by atoms with Crippen LogP contribution in [0.15, 0.2) is 35.3 Å². The molecule has 0 unspecified atom stereocenters. The first kappa shape index (κ1) is 14.7. The van der Waals surface area contributed by atoms with Crippen molar-refractivity contribution >= 4 is 11.6 Å². The summed E-state index contributed by atoms with van der Waals surface area (Å²) >= 11 is 0. The quantitative estimate of drug-likeness (QED) is 0.676. The summed E-state index contributed by atoms with van der Waals surface area (Å²) in [6, 6.07) is 10.6. The first-order valence-corrected chi connectivity index (χ1v) is 7.46. The number of aliphatic imine (C=N–C) groups is 1. The fourth-order valence-corrected chi connectivity index (χ4v) is 2.44. The van der Waals surface area contributed by atoms with Crippen molar-refractivity contribution in [3.8, 4) is 0 Å². The summed E-state index contributed by atoms with van der Waals surface area (Å²) < 4.78 is 0. The molecular formula is C16H26N4. The van der Waals surface area contributed by atoms with E-state index in [0.29, 0.717) is 5.92 Å². The van der Waals surface area contributed by atoms with Crippen LogP contribution in [0.4, 0.5) is 5.69 Å². The zero-order chi connectivity index (χ0) is 14.4. The minimum Gasteiger partial charge on any atom is -0.368 e. The summed E-state index contributed by atoms with van der Waals surface area (Å²) in [5, 5.41) is 3.45. The van der Waals surface area contributed by atoms with Crippen LogP contribution in [0.3, 0.4) is 0 Å². The van der Waals surface area contributed by atoms with Crippen molar-refractivity contribution in [1.29, 1.82) is 0 Å². The molecule has 4 nitrogen and oxygen atoms in total. The maximum atomic E-state index is 4.39. The van der Waals surface area contributed by atoms with Crippen molar-refractivity contribution < 1.29 is 0 Å². The zero-order valence-corrected chi connectivity index (χ0v) is 12.8. The van der Waals surface area contributed by atoms with Gasteiger partial charge in [0.1, 0.15) is 0 Å². The summed E-state index contributed by atoms with van der Waals surface area (Å²) in [5.41, 5.74) is 1.32. The van der Waals surface area contributed by atoms with Crippen molar-refractivity contribution in [2.75, 3.05) is 44.7 Å². The van der Waals surface area contributed by atoms with Crippen molar-refractivity contribution in [2.45, 2.75) is 13.8 Å². The molecule has 1 N–H and O–H groups in total. The number of piperazine rings is 1. The van der Waals surface area contributed by atoms with E-state index in [1.807, 2.05) is 7.05 Å². The van der Waals surface area contributed by atoms with E-state index < -0.39 is 0 Å². The number of para-hydroxylation sites is 1. The number of nitrogens with one attached hydrogen (secondary N) is 1. The highest BCUT2D eigenvalue weighted by atomic mass is 15.3. The van der Waals surface area contributed by atoms with Crippen molar-refractivity contribution in [1.82, 2.24) is 10.2 Å². The maximum absolute atomic E-state index is 4.39. The summed E-state index contributed by atoms with van der Waals surface area (Å²) in [6.45, 7) is 9.55. The number of nitrogens with zero attached hydrogens (tertiary/aromatic N) is 3. The number of hydrogen-bond donors (Lipinski definition) is 1. The van der Waals surface area contributed by atoms with Crippen LogP contribution in [0.5, 0.6) is 0 Å². The summed E-state index contributed by atoms with van der Waals surface area (Å²) in [5.74, 6) is 1.67. The lowest BCUT2D eigenvalue weighted by Crippen LogP contribution is -2.53. The predicted molar refractivity (Wildman–Crippen MR) is 86.4 cm³/mol. The Balaban J connectivity index is 1.87. The van der Waals surface area contributed by atoms with Crippen LogP contribution in [0.25, 0.3) is 0 Å². The van der Waals surface area contributed by atoms with Gasteiger partial charge in [-0.25, -0.2) is 0 Å². The van der Waals surface area contributed by atoms with E-state index in [-0.39, 0.29) is 0 Å². The van der Waals surface area contributed by atoms with E-state index in [0.717, 1.165) is 38.7 Å². The molecule has 0 aromatic heterocycles. The third kappa shape index (κ3) is 3.89. The van der Waals surface area contributed by atoms with E-state index in [1.54, 1.807) is 0 Å². The lowest BCUT2D eigenvalue weighted by molar-refractivity contribution is 0.370. The molecule has 1 heterocycles. The van der Waals surface area contributed by atoms with Gasteiger partial charge in [-0.3, -0.25) is 4.99 Å². The van der Waals surface area contributed by atoms with Crippen LogP contribution in [0.1, 0.15) is 13.8 Å². The predicted octanol–water partition coefficient (Wildman–Crippen LogP) is 2.04. The standard InChI is InChI=1S/C16H26N4/c1-14(2)13-18-16(17-3)20-11-9-19(10-12-20)15-7-5-4-6-8-15/h4-8,14H,9-13H2,1-3H3,(H,17,18). The number of guanidine groups is 1. The fourth-order valence-electron chi connectivity index (χ4n) is 2.44.